The van der Waals surface area contributed by atoms with Crippen molar-refractivity contribution in [3.8, 4) is 0 Å². The fraction of sp³-hybridized carbons (Fsp3) is 0.750. The van der Waals surface area contributed by atoms with Gasteiger partial charge in [0, 0.05) is 32.1 Å². The van der Waals surface area contributed by atoms with E-state index < -0.39 is 0 Å². The van der Waals surface area contributed by atoms with Crippen molar-refractivity contribution in [2.75, 3.05) is 18.5 Å². The van der Waals surface area contributed by atoms with Gasteiger partial charge in [-0.3, -0.25) is 0 Å². The van der Waals surface area contributed by atoms with Gasteiger partial charge < -0.3 is 14.6 Å². The maximum Gasteiger partial charge on any atom is 0.202 e. The molecule has 90 valence electrons. The first-order chi connectivity index (χ1) is 7.90. The van der Waals surface area contributed by atoms with E-state index in [1.807, 2.05) is 12.4 Å². The van der Waals surface area contributed by atoms with Gasteiger partial charge in [-0.1, -0.05) is 6.92 Å². The zero-order valence-electron chi connectivity index (χ0n) is 9.98. The molecule has 4 nitrogen and oxygen atoms in total. The first-order valence-electron chi connectivity index (χ1n) is 6.26. The summed E-state index contributed by atoms with van der Waals surface area (Å²) in [5, 5.41) is 3.37. The molecule has 1 fully saturated rings. The maximum absolute atomic E-state index is 5.68. The Bertz CT molecular complexity index is 305. The van der Waals surface area contributed by atoms with Crippen LogP contribution in [0, 0.1) is 0 Å². The molecule has 1 aromatic heterocycles. The normalized spacial score (nSPS) is 20.9. The summed E-state index contributed by atoms with van der Waals surface area (Å²) in [6.07, 6.45) is 9.02. The van der Waals surface area contributed by atoms with E-state index in [2.05, 4.69) is 21.8 Å². The van der Waals surface area contributed by atoms with Crippen LogP contribution >= 0.6 is 0 Å². The van der Waals surface area contributed by atoms with E-state index in [9.17, 15) is 0 Å². The number of anilines is 1. The molecular formula is C12H21N3O. The van der Waals surface area contributed by atoms with Gasteiger partial charge in [0.2, 0.25) is 5.95 Å². The molecule has 0 aliphatic carbocycles. The van der Waals surface area contributed by atoms with Crippen molar-refractivity contribution in [2.24, 2.45) is 0 Å². The third-order valence-corrected chi connectivity index (χ3v) is 2.94. The van der Waals surface area contributed by atoms with Gasteiger partial charge in [0.05, 0.1) is 6.10 Å². The number of aromatic nitrogens is 2. The lowest BCUT2D eigenvalue weighted by Crippen LogP contribution is -2.27. The van der Waals surface area contributed by atoms with Gasteiger partial charge >= 0.3 is 0 Å². The van der Waals surface area contributed by atoms with Crippen LogP contribution in [0.3, 0.4) is 0 Å². The van der Waals surface area contributed by atoms with E-state index >= 15 is 0 Å². The van der Waals surface area contributed by atoms with Gasteiger partial charge in [-0.15, -0.1) is 0 Å². The predicted octanol–water partition coefficient (Wildman–Crippen LogP) is 2.27. The van der Waals surface area contributed by atoms with E-state index in [0.29, 0.717) is 6.10 Å². The maximum atomic E-state index is 5.68. The molecule has 1 aromatic rings. The van der Waals surface area contributed by atoms with Crippen LogP contribution in [0.1, 0.15) is 32.6 Å². The monoisotopic (exact) mass is 223 g/mol. The predicted molar refractivity (Wildman–Crippen MR) is 64.6 cm³/mol. The van der Waals surface area contributed by atoms with Crippen LogP contribution in [0.2, 0.25) is 0 Å². The lowest BCUT2D eigenvalue weighted by Gasteiger charge is -2.23. The molecule has 0 radical (unpaired) electrons. The van der Waals surface area contributed by atoms with E-state index in [0.717, 1.165) is 32.1 Å². The van der Waals surface area contributed by atoms with Crippen molar-refractivity contribution in [1.29, 1.82) is 0 Å². The molecule has 16 heavy (non-hydrogen) atoms. The third-order valence-electron chi connectivity index (χ3n) is 2.94. The molecule has 0 spiro atoms. The highest BCUT2D eigenvalue weighted by molar-refractivity contribution is 5.25. The molecule has 0 amide bonds. The van der Waals surface area contributed by atoms with E-state index in [1.54, 1.807) is 0 Å². The Labute approximate surface area is 97.0 Å². The summed E-state index contributed by atoms with van der Waals surface area (Å²) >= 11 is 0. The fourth-order valence-electron chi connectivity index (χ4n) is 2.07. The lowest BCUT2D eigenvalue weighted by atomic mass is 10.1. The number of hydrogen-bond acceptors (Lipinski definition) is 3. The zero-order valence-corrected chi connectivity index (χ0v) is 9.98. The Kier molecular flexibility index (Phi) is 4.22. The van der Waals surface area contributed by atoms with Crippen LogP contribution in [-0.2, 0) is 11.3 Å². The van der Waals surface area contributed by atoms with E-state index in [1.165, 1.54) is 19.3 Å². The first-order valence-corrected chi connectivity index (χ1v) is 6.26. The zero-order chi connectivity index (χ0) is 11.2. The number of hydrogen-bond donors (Lipinski definition) is 1. The molecule has 1 aliphatic rings. The fourth-order valence-corrected chi connectivity index (χ4v) is 2.07. The summed E-state index contributed by atoms with van der Waals surface area (Å²) in [4.78, 5) is 4.32. The van der Waals surface area contributed by atoms with Gasteiger partial charge in [-0.2, -0.15) is 0 Å². The second-order valence-corrected chi connectivity index (χ2v) is 4.31. The molecule has 0 bridgehead atoms. The van der Waals surface area contributed by atoms with Crippen LogP contribution < -0.4 is 5.32 Å². The average molecular weight is 223 g/mol. The standard InChI is InChI=1S/C12H21N3O/c1-2-7-15-8-6-13-12(15)14-10-11-5-3-4-9-16-11/h6,8,11H,2-5,7,9-10H2,1H3,(H,13,14). The summed E-state index contributed by atoms with van der Waals surface area (Å²) in [5.41, 5.74) is 0. The number of aryl methyl sites for hydroxylation is 1. The van der Waals surface area contributed by atoms with Crippen molar-refractivity contribution in [3.05, 3.63) is 12.4 Å². The number of imidazole rings is 1. The van der Waals surface area contributed by atoms with Crippen molar-refractivity contribution in [3.63, 3.8) is 0 Å². The molecule has 0 aromatic carbocycles. The van der Waals surface area contributed by atoms with E-state index in [-0.39, 0.29) is 0 Å². The molecule has 0 saturated carbocycles. The molecule has 1 aliphatic heterocycles. The summed E-state index contributed by atoms with van der Waals surface area (Å²) in [7, 11) is 0. The first kappa shape index (κ1) is 11.5. The minimum atomic E-state index is 0.362. The number of rotatable bonds is 5. The Morgan fingerprint density at radius 1 is 1.56 bits per heavy atom. The molecule has 4 heteroatoms. The van der Waals surface area contributed by atoms with Crippen LogP contribution in [0.15, 0.2) is 12.4 Å². The molecular weight excluding hydrogens is 202 g/mol. The van der Waals surface area contributed by atoms with Crippen LogP contribution in [0.5, 0.6) is 0 Å². The Balaban J connectivity index is 1.81. The summed E-state index contributed by atoms with van der Waals surface area (Å²) in [6.45, 7) is 4.98. The van der Waals surface area contributed by atoms with Gasteiger partial charge in [-0.25, -0.2) is 4.98 Å². The van der Waals surface area contributed by atoms with Gasteiger partial charge in [0.25, 0.3) is 0 Å². The van der Waals surface area contributed by atoms with Crippen LogP contribution in [0.4, 0.5) is 5.95 Å². The highest BCUT2D eigenvalue weighted by Crippen LogP contribution is 2.13. The van der Waals surface area contributed by atoms with Crippen molar-refractivity contribution in [1.82, 2.24) is 9.55 Å². The SMILES string of the molecule is CCCn1ccnc1NCC1CCCCO1. The van der Waals surface area contributed by atoms with Crippen LogP contribution in [-0.4, -0.2) is 28.8 Å². The lowest BCUT2D eigenvalue weighted by molar-refractivity contribution is 0.0246. The molecule has 1 atom stereocenters. The smallest absolute Gasteiger partial charge is 0.202 e. The summed E-state index contributed by atoms with van der Waals surface area (Å²) in [5.74, 6) is 0.969. The third kappa shape index (κ3) is 2.98. The highest BCUT2D eigenvalue weighted by Gasteiger charge is 2.14. The van der Waals surface area contributed by atoms with Crippen LogP contribution in [0.25, 0.3) is 0 Å². The van der Waals surface area contributed by atoms with Crippen molar-refractivity contribution in [2.45, 2.75) is 45.3 Å². The molecule has 2 rings (SSSR count). The van der Waals surface area contributed by atoms with Crippen molar-refractivity contribution >= 4 is 5.95 Å². The summed E-state index contributed by atoms with van der Waals surface area (Å²) < 4.78 is 7.83. The molecule has 1 N–H and O–H groups in total. The van der Waals surface area contributed by atoms with Crippen molar-refractivity contribution < 1.29 is 4.74 Å². The number of nitrogens with one attached hydrogen (secondary N) is 1. The van der Waals surface area contributed by atoms with E-state index in [4.69, 9.17) is 4.74 Å². The second kappa shape index (κ2) is 5.89. The molecule has 1 saturated heterocycles. The quantitative estimate of drug-likeness (QED) is 0.832. The average Bonchev–Trinajstić information content (AvgIpc) is 2.76. The summed E-state index contributed by atoms with van der Waals surface area (Å²) in [6, 6.07) is 0. The molecule has 1 unspecified atom stereocenters. The topological polar surface area (TPSA) is 39.1 Å². The van der Waals surface area contributed by atoms with Gasteiger partial charge in [0.1, 0.15) is 0 Å². The number of nitrogens with zero attached hydrogens (tertiary/aromatic N) is 2. The second-order valence-electron chi connectivity index (χ2n) is 4.31. The highest BCUT2D eigenvalue weighted by atomic mass is 16.5. The minimum absolute atomic E-state index is 0.362. The Morgan fingerprint density at radius 3 is 3.25 bits per heavy atom. The largest absolute Gasteiger partial charge is 0.376 e. The Hall–Kier alpha value is -1.03. The minimum Gasteiger partial charge on any atom is -0.376 e. The van der Waals surface area contributed by atoms with Gasteiger partial charge in [0.15, 0.2) is 0 Å². The Morgan fingerprint density at radius 2 is 2.50 bits per heavy atom. The van der Waals surface area contributed by atoms with Gasteiger partial charge in [-0.05, 0) is 25.7 Å². The number of ether oxygens (including phenoxy) is 1. The molecule has 2 heterocycles.